The first-order chi connectivity index (χ1) is 15.9. The van der Waals surface area contributed by atoms with Crippen LogP contribution in [-0.4, -0.2) is 36.9 Å². The number of benzene rings is 3. The normalized spacial score (nSPS) is 16.4. The van der Waals surface area contributed by atoms with Crippen LogP contribution in [0.4, 0.5) is 4.79 Å². The number of hydrogen-bond acceptors (Lipinski definition) is 4. The zero-order valence-electron chi connectivity index (χ0n) is 18.4. The monoisotopic (exact) mass is 462 g/mol. The Morgan fingerprint density at radius 2 is 1.88 bits per heavy atom. The van der Waals surface area contributed by atoms with Crippen molar-refractivity contribution in [3.05, 3.63) is 77.9 Å². The van der Waals surface area contributed by atoms with Crippen molar-refractivity contribution in [2.24, 2.45) is 0 Å². The number of carbonyl (C=O) groups excluding carboxylic acids is 1. The second kappa shape index (κ2) is 9.61. The fourth-order valence-corrected chi connectivity index (χ4v) is 5.20. The molecule has 0 saturated carbocycles. The van der Waals surface area contributed by atoms with Crippen LogP contribution in [0, 0.1) is 11.3 Å². The lowest BCUT2D eigenvalue weighted by atomic mass is 10.0. The van der Waals surface area contributed by atoms with Crippen LogP contribution in [0.25, 0.3) is 10.8 Å². The molecule has 0 spiro atoms. The van der Waals surface area contributed by atoms with E-state index in [-0.39, 0.29) is 17.5 Å². The van der Waals surface area contributed by atoms with Crippen LogP contribution < -0.4 is 4.83 Å². The van der Waals surface area contributed by atoms with Gasteiger partial charge in [0.05, 0.1) is 23.1 Å². The van der Waals surface area contributed by atoms with E-state index in [2.05, 4.69) is 10.9 Å². The zero-order valence-corrected chi connectivity index (χ0v) is 19.3. The number of nitriles is 1. The number of likely N-dealkylation sites (tertiary alicyclic amines) is 1. The van der Waals surface area contributed by atoms with Crippen LogP contribution >= 0.6 is 0 Å². The Morgan fingerprint density at radius 3 is 2.64 bits per heavy atom. The Balaban J connectivity index is 1.66. The number of piperidine rings is 1. The van der Waals surface area contributed by atoms with Crippen molar-refractivity contribution in [2.75, 3.05) is 6.54 Å². The van der Waals surface area contributed by atoms with Gasteiger partial charge < -0.3 is 4.90 Å². The van der Waals surface area contributed by atoms with Crippen molar-refractivity contribution < 1.29 is 13.2 Å². The molecular formula is C25H26N4O3S. The molecule has 8 heteroatoms. The van der Waals surface area contributed by atoms with Crippen LogP contribution in [0.15, 0.2) is 71.6 Å². The van der Waals surface area contributed by atoms with Gasteiger partial charge in [-0.3, -0.25) is 0 Å². The quantitative estimate of drug-likeness (QED) is 0.569. The highest BCUT2D eigenvalue weighted by atomic mass is 32.2. The van der Waals surface area contributed by atoms with Crippen LogP contribution in [0.2, 0.25) is 0 Å². The molecule has 4 rings (SSSR count). The van der Waals surface area contributed by atoms with E-state index < -0.39 is 16.1 Å². The van der Waals surface area contributed by atoms with E-state index in [1.54, 1.807) is 41.3 Å². The molecule has 3 aromatic carbocycles. The number of carbonyl (C=O) groups is 1. The number of urea groups is 1. The lowest BCUT2D eigenvalue weighted by Gasteiger charge is -2.37. The van der Waals surface area contributed by atoms with E-state index in [9.17, 15) is 18.5 Å². The summed E-state index contributed by atoms with van der Waals surface area (Å²) >= 11 is 0. The molecule has 0 radical (unpaired) electrons. The van der Waals surface area contributed by atoms with Gasteiger partial charge in [-0.1, -0.05) is 42.5 Å². The molecule has 0 aromatic heterocycles. The van der Waals surface area contributed by atoms with E-state index in [1.165, 1.54) is 6.07 Å². The highest BCUT2D eigenvalue weighted by Crippen LogP contribution is 2.22. The van der Waals surface area contributed by atoms with Gasteiger partial charge in [0.15, 0.2) is 0 Å². The number of nitrogens with one attached hydrogen (secondary N) is 1. The highest BCUT2D eigenvalue weighted by Gasteiger charge is 2.30. The molecule has 1 unspecified atom stereocenters. The molecule has 1 aliphatic heterocycles. The predicted octanol–water partition coefficient (Wildman–Crippen LogP) is 4.40. The predicted molar refractivity (Wildman–Crippen MR) is 126 cm³/mol. The van der Waals surface area contributed by atoms with Gasteiger partial charge in [0.25, 0.3) is 10.0 Å². The van der Waals surface area contributed by atoms with Gasteiger partial charge in [-0.2, -0.15) is 5.26 Å². The van der Waals surface area contributed by atoms with Crippen molar-refractivity contribution in [1.82, 2.24) is 14.7 Å². The molecule has 33 heavy (non-hydrogen) atoms. The summed E-state index contributed by atoms with van der Waals surface area (Å²) in [5.74, 6) is 0. The van der Waals surface area contributed by atoms with Gasteiger partial charge in [0, 0.05) is 12.6 Å². The second-order valence-corrected chi connectivity index (χ2v) is 9.98. The number of amides is 2. The van der Waals surface area contributed by atoms with Gasteiger partial charge >= 0.3 is 6.03 Å². The van der Waals surface area contributed by atoms with E-state index in [1.807, 2.05) is 31.2 Å². The van der Waals surface area contributed by atoms with Crippen LogP contribution in [-0.2, 0) is 16.6 Å². The van der Waals surface area contributed by atoms with Crippen molar-refractivity contribution in [2.45, 2.75) is 43.7 Å². The van der Waals surface area contributed by atoms with Crippen molar-refractivity contribution in [3.8, 4) is 6.07 Å². The van der Waals surface area contributed by atoms with Crippen molar-refractivity contribution in [3.63, 3.8) is 0 Å². The second-order valence-electron chi connectivity index (χ2n) is 8.32. The van der Waals surface area contributed by atoms with Gasteiger partial charge in [0.2, 0.25) is 0 Å². The third-order valence-electron chi connectivity index (χ3n) is 5.94. The lowest BCUT2D eigenvalue weighted by molar-refractivity contribution is 0.111. The molecule has 1 heterocycles. The molecule has 170 valence electrons. The molecule has 3 aromatic rings. The summed E-state index contributed by atoms with van der Waals surface area (Å²) in [6.45, 7) is 2.56. The summed E-state index contributed by atoms with van der Waals surface area (Å²) < 4.78 is 26.6. The Bertz CT molecular complexity index is 1320. The summed E-state index contributed by atoms with van der Waals surface area (Å²) in [5.41, 5.74) is 1.11. The van der Waals surface area contributed by atoms with Gasteiger partial charge in [0.1, 0.15) is 0 Å². The average Bonchev–Trinajstić information content (AvgIpc) is 2.83. The fraction of sp³-hybridized carbons (Fsp3) is 0.280. The zero-order chi connectivity index (χ0) is 23.4. The van der Waals surface area contributed by atoms with E-state index in [0.29, 0.717) is 17.7 Å². The summed E-state index contributed by atoms with van der Waals surface area (Å²) in [6.07, 6.45) is 2.80. The topological polar surface area (TPSA) is 93.5 Å². The first-order valence-electron chi connectivity index (χ1n) is 11.0. The third-order valence-corrected chi connectivity index (χ3v) is 7.27. The maximum Gasteiger partial charge on any atom is 0.335 e. The first-order valence-corrected chi connectivity index (χ1v) is 12.4. The van der Waals surface area contributed by atoms with E-state index in [0.717, 1.165) is 35.0 Å². The van der Waals surface area contributed by atoms with Crippen molar-refractivity contribution in [1.29, 1.82) is 5.26 Å². The molecule has 1 atom stereocenters. The first kappa shape index (κ1) is 22.8. The summed E-state index contributed by atoms with van der Waals surface area (Å²) in [5, 5.41) is 12.1. The largest absolute Gasteiger partial charge is 0.335 e. The Kier molecular flexibility index (Phi) is 6.63. The third kappa shape index (κ3) is 5.16. The number of sulfonamides is 1. The van der Waals surface area contributed by atoms with E-state index >= 15 is 0 Å². The molecule has 0 aliphatic carbocycles. The number of hydrazine groups is 1. The summed E-state index contributed by atoms with van der Waals surface area (Å²) in [6, 6.07) is 20.9. The lowest BCUT2D eigenvalue weighted by Crippen LogP contribution is -2.54. The van der Waals surface area contributed by atoms with Crippen molar-refractivity contribution >= 4 is 26.8 Å². The van der Waals surface area contributed by atoms with Crippen LogP contribution in [0.5, 0.6) is 0 Å². The van der Waals surface area contributed by atoms with Gasteiger partial charge in [-0.25, -0.2) is 18.2 Å². The average molecular weight is 463 g/mol. The number of fused-ring (bicyclic) bond motifs is 1. The summed E-state index contributed by atoms with van der Waals surface area (Å²) in [4.78, 5) is 17.7. The van der Waals surface area contributed by atoms with Crippen LogP contribution in [0.1, 0.15) is 37.3 Å². The van der Waals surface area contributed by atoms with E-state index in [4.69, 9.17) is 0 Å². The molecule has 1 fully saturated rings. The minimum absolute atomic E-state index is 0.00435. The number of rotatable bonds is 5. The molecule has 1 aliphatic rings. The summed E-state index contributed by atoms with van der Waals surface area (Å²) in [7, 11) is -4.02. The number of hydrogen-bond donors (Lipinski definition) is 1. The minimum atomic E-state index is -4.02. The molecule has 2 amide bonds. The van der Waals surface area contributed by atoms with Gasteiger partial charge in [-0.15, -0.1) is 4.83 Å². The Labute approximate surface area is 194 Å². The molecule has 1 N–H and O–H groups in total. The smallest absolute Gasteiger partial charge is 0.321 e. The van der Waals surface area contributed by atoms with Gasteiger partial charge in [-0.05, 0) is 66.8 Å². The Morgan fingerprint density at radius 1 is 1.09 bits per heavy atom. The SMILES string of the molecule is CC1CCCCN1C(=O)N(Cc1cccc(C#N)c1)NS(=O)(=O)c1ccc2ccccc2c1. The molecular weight excluding hydrogens is 436 g/mol. The maximum absolute atomic E-state index is 13.4. The molecule has 7 nitrogen and oxygen atoms in total. The van der Waals surface area contributed by atoms with Crippen LogP contribution in [0.3, 0.4) is 0 Å². The number of nitrogens with zero attached hydrogens (tertiary/aromatic N) is 3. The standard InChI is InChI=1S/C25H26N4O3S/c1-19-7-4-5-14-28(19)25(30)29(18-21-9-6-8-20(15-21)17-26)27-33(31,32)24-13-12-22-10-2-3-11-23(22)16-24/h2-3,6,8-13,15-16,19,27H,4-5,7,14,18H2,1H3. The Hall–Kier alpha value is -3.41. The minimum Gasteiger partial charge on any atom is -0.321 e. The maximum atomic E-state index is 13.4. The highest BCUT2D eigenvalue weighted by molar-refractivity contribution is 7.89. The molecule has 0 bridgehead atoms. The fourth-order valence-electron chi connectivity index (χ4n) is 4.13. The molecule has 1 saturated heterocycles.